The van der Waals surface area contributed by atoms with Gasteiger partial charge in [0.05, 0.1) is 0 Å². The lowest BCUT2D eigenvalue weighted by molar-refractivity contribution is -0.141. The normalized spacial score (nSPS) is 11.9. The Balaban J connectivity index is 1.92. The van der Waals surface area contributed by atoms with Gasteiger partial charge >= 0.3 is 0 Å². The minimum absolute atomic E-state index is 0.00976. The van der Waals surface area contributed by atoms with Gasteiger partial charge in [-0.05, 0) is 49.6 Å². The van der Waals surface area contributed by atoms with Crippen LogP contribution in [0.4, 0.5) is 0 Å². The van der Waals surface area contributed by atoms with Crippen LogP contribution in [0.3, 0.4) is 0 Å². The molecule has 33 heavy (non-hydrogen) atoms. The number of rotatable bonds is 9. The Hall–Kier alpha value is -3.11. The van der Waals surface area contributed by atoms with E-state index in [-0.39, 0.29) is 30.2 Å². The van der Waals surface area contributed by atoms with E-state index < -0.39 is 6.04 Å². The van der Waals surface area contributed by atoms with E-state index in [1.807, 2.05) is 92.7 Å². The fraction of sp³-hybridized carbons (Fsp3) is 0.286. The summed E-state index contributed by atoms with van der Waals surface area (Å²) in [7, 11) is 0. The molecule has 172 valence electrons. The van der Waals surface area contributed by atoms with E-state index in [1.165, 1.54) is 0 Å². The number of halogens is 1. The van der Waals surface area contributed by atoms with Gasteiger partial charge in [-0.15, -0.1) is 0 Å². The molecule has 2 amide bonds. The van der Waals surface area contributed by atoms with Crippen LogP contribution in [-0.4, -0.2) is 28.8 Å². The zero-order chi connectivity index (χ0) is 23.8. The van der Waals surface area contributed by atoms with Gasteiger partial charge in [0.2, 0.25) is 11.8 Å². The van der Waals surface area contributed by atoms with Crippen molar-refractivity contribution < 1.29 is 9.59 Å². The SMILES string of the molecule is CC(C)NC(=O)[C@H](C)N(Cc1cccc(Cl)c1)C(=O)CC(c1ccccc1)c1ccccc1. The Morgan fingerprint density at radius 3 is 1.94 bits per heavy atom. The van der Waals surface area contributed by atoms with Crippen molar-refractivity contribution in [3.63, 3.8) is 0 Å². The second-order valence-electron chi connectivity index (χ2n) is 8.57. The van der Waals surface area contributed by atoms with Crippen LogP contribution in [-0.2, 0) is 16.1 Å². The van der Waals surface area contributed by atoms with Gasteiger partial charge < -0.3 is 10.2 Å². The summed E-state index contributed by atoms with van der Waals surface area (Å²) in [6.07, 6.45) is 0.258. The van der Waals surface area contributed by atoms with Gasteiger partial charge in [-0.3, -0.25) is 9.59 Å². The molecular formula is C28H31ClN2O2. The first-order valence-corrected chi connectivity index (χ1v) is 11.7. The van der Waals surface area contributed by atoms with Crippen molar-refractivity contribution in [3.8, 4) is 0 Å². The number of amides is 2. The smallest absolute Gasteiger partial charge is 0.242 e. The summed E-state index contributed by atoms with van der Waals surface area (Å²) in [5.41, 5.74) is 3.02. The summed E-state index contributed by atoms with van der Waals surface area (Å²) in [5, 5.41) is 3.54. The monoisotopic (exact) mass is 462 g/mol. The van der Waals surface area contributed by atoms with Gasteiger partial charge in [0.25, 0.3) is 0 Å². The van der Waals surface area contributed by atoms with Crippen LogP contribution in [0.15, 0.2) is 84.9 Å². The highest BCUT2D eigenvalue weighted by Gasteiger charge is 2.29. The quantitative estimate of drug-likeness (QED) is 0.436. The van der Waals surface area contributed by atoms with E-state index in [0.29, 0.717) is 11.6 Å². The molecule has 0 aliphatic carbocycles. The fourth-order valence-corrected chi connectivity index (χ4v) is 4.12. The van der Waals surface area contributed by atoms with Gasteiger partial charge in [-0.2, -0.15) is 0 Å². The minimum Gasteiger partial charge on any atom is -0.352 e. The average molecular weight is 463 g/mol. The van der Waals surface area contributed by atoms with Gasteiger partial charge in [-0.25, -0.2) is 0 Å². The topological polar surface area (TPSA) is 49.4 Å². The maximum absolute atomic E-state index is 13.7. The molecule has 3 rings (SSSR count). The van der Waals surface area contributed by atoms with Crippen LogP contribution >= 0.6 is 11.6 Å². The lowest BCUT2D eigenvalue weighted by Gasteiger charge is -2.31. The van der Waals surface area contributed by atoms with E-state index in [2.05, 4.69) is 5.32 Å². The lowest BCUT2D eigenvalue weighted by atomic mass is 9.88. The molecule has 0 aromatic heterocycles. The average Bonchev–Trinajstić information content (AvgIpc) is 2.81. The molecule has 0 bridgehead atoms. The minimum atomic E-state index is -0.619. The van der Waals surface area contributed by atoms with Crippen LogP contribution in [0.5, 0.6) is 0 Å². The van der Waals surface area contributed by atoms with E-state index in [4.69, 9.17) is 11.6 Å². The van der Waals surface area contributed by atoms with Crippen LogP contribution in [0.25, 0.3) is 0 Å². The summed E-state index contributed by atoms with van der Waals surface area (Å²) < 4.78 is 0. The van der Waals surface area contributed by atoms with E-state index in [9.17, 15) is 9.59 Å². The summed E-state index contributed by atoms with van der Waals surface area (Å²) in [6, 6.07) is 26.8. The first-order valence-electron chi connectivity index (χ1n) is 11.3. The van der Waals surface area contributed by atoms with Crippen molar-refractivity contribution in [1.82, 2.24) is 10.2 Å². The van der Waals surface area contributed by atoms with Crippen molar-refractivity contribution in [2.75, 3.05) is 0 Å². The van der Waals surface area contributed by atoms with E-state index in [1.54, 1.807) is 17.9 Å². The zero-order valence-corrected chi connectivity index (χ0v) is 20.1. The third-order valence-corrected chi connectivity index (χ3v) is 5.86. The zero-order valence-electron chi connectivity index (χ0n) is 19.4. The van der Waals surface area contributed by atoms with Gasteiger partial charge in [-0.1, -0.05) is 84.4 Å². The predicted octanol–water partition coefficient (Wildman–Crippen LogP) is 5.80. The van der Waals surface area contributed by atoms with Gasteiger partial charge in [0.1, 0.15) is 6.04 Å². The van der Waals surface area contributed by atoms with Gasteiger partial charge in [0.15, 0.2) is 0 Å². The van der Waals surface area contributed by atoms with Crippen molar-refractivity contribution in [3.05, 3.63) is 107 Å². The number of carbonyl (C=O) groups is 2. The van der Waals surface area contributed by atoms with Crippen LogP contribution in [0.1, 0.15) is 49.8 Å². The molecule has 3 aromatic rings. The first kappa shape index (κ1) is 24.5. The van der Waals surface area contributed by atoms with Crippen LogP contribution < -0.4 is 5.32 Å². The maximum atomic E-state index is 13.7. The Morgan fingerprint density at radius 2 is 1.42 bits per heavy atom. The molecule has 3 aromatic carbocycles. The number of hydrogen-bond donors (Lipinski definition) is 1. The number of hydrogen-bond acceptors (Lipinski definition) is 2. The summed E-state index contributed by atoms with van der Waals surface area (Å²) in [6.45, 7) is 5.91. The lowest BCUT2D eigenvalue weighted by Crippen LogP contribution is -2.49. The fourth-order valence-electron chi connectivity index (χ4n) is 3.91. The van der Waals surface area contributed by atoms with Crippen molar-refractivity contribution in [2.45, 2.75) is 51.7 Å². The molecule has 0 unspecified atom stereocenters. The van der Waals surface area contributed by atoms with E-state index in [0.717, 1.165) is 16.7 Å². The largest absolute Gasteiger partial charge is 0.352 e. The molecule has 0 saturated heterocycles. The van der Waals surface area contributed by atoms with Crippen LogP contribution in [0.2, 0.25) is 5.02 Å². The number of nitrogens with zero attached hydrogens (tertiary/aromatic N) is 1. The molecule has 0 heterocycles. The Kier molecular flexibility index (Phi) is 8.67. The Bertz CT molecular complexity index is 1010. The van der Waals surface area contributed by atoms with Crippen LogP contribution in [0, 0.1) is 0 Å². The first-order chi connectivity index (χ1) is 15.8. The molecule has 0 aliphatic rings. The number of carbonyl (C=O) groups excluding carboxylic acids is 2. The highest BCUT2D eigenvalue weighted by molar-refractivity contribution is 6.30. The van der Waals surface area contributed by atoms with Crippen molar-refractivity contribution in [2.24, 2.45) is 0 Å². The van der Waals surface area contributed by atoms with E-state index >= 15 is 0 Å². The molecule has 0 aliphatic heterocycles. The summed E-state index contributed by atoms with van der Waals surface area (Å²) >= 11 is 6.18. The molecule has 0 saturated carbocycles. The second kappa shape index (κ2) is 11.7. The summed E-state index contributed by atoms with van der Waals surface area (Å²) in [4.78, 5) is 28.2. The molecule has 4 nitrogen and oxygen atoms in total. The maximum Gasteiger partial charge on any atom is 0.242 e. The second-order valence-corrected chi connectivity index (χ2v) is 9.01. The molecular weight excluding hydrogens is 432 g/mol. The number of benzene rings is 3. The third-order valence-electron chi connectivity index (χ3n) is 5.62. The highest BCUT2D eigenvalue weighted by atomic mass is 35.5. The third kappa shape index (κ3) is 6.93. The number of nitrogens with one attached hydrogen (secondary N) is 1. The van der Waals surface area contributed by atoms with Crippen molar-refractivity contribution in [1.29, 1.82) is 0 Å². The molecule has 0 fully saturated rings. The summed E-state index contributed by atoms with van der Waals surface area (Å²) in [5.74, 6) is -0.363. The molecule has 0 spiro atoms. The highest BCUT2D eigenvalue weighted by Crippen LogP contribution is 2.29. The standard InChI is InChI=1S/C28H31ClN2O2/c1-20(2)30-28(33)21(3)31(19-22-11-10-16-25(29)17-22)27(32)18-26(23-12-6-4-7-13-23)24-14-8-5-9-15-24/h4-17,20-21,26H,18-19H2,1-3H3,(H,30,33)/t21-/m0/s1. The predicted molar refractivity (Wildman–Crippen MR) is 134 cm³/mol. The van der Waals surface area contributed by atoms with Gasteiger partial charge in [0, 0.05) is 29.9 Å². The molecule has 5 heteroatoms. The molecule has 0 radical (unpaired) electrons. The Labute approximate surface area is 201 Å². The van der Waals surface area contributed by atoms with Crippen molar-refractivity contribution >= 4 is 23.4 Å². The molecule has 1 N–H and O–H groups in total. The molecule has 1 atom stereocenters. The Morgan fingerprint density at radius 1 is 0.848 bits per heavy atom.